The molecule has 2 aromatic carbocycles. The first-order chi connectivity index (χ1) is 17.0. The first kappa shape index (κ1) is 24.8. The second-order valence-corrected chi connectivity index (χ2v) is 7.48. The number of rotatable bonds is 8. The van der Waals surface area contributed by atoms with E-state index in [9.17, 15) is 26.3 Å². The number of nitrogens with one attached hydrogen (secondary N) is 2. The molecule has 0 atom stereocenters. The zero-order valence-electron chi connectivity index (χ0n) is 18.3. The third-order valence-corrected chi connectivity index (χ3v) is 4.72. The number of benzene rings is 2. The lowest BCUT2D eigenvalue weighted by Gasteiger charge is -2.13. The van der Waals surface area contributed by atoms with E-state index in [2.05, 4.69) is 30.3 Å². The van der Waals surface area contributed by atoms with E-state index in [0.717, 1.165) is 23.4 Å². The van der Waals surface area contributed by atoms with Crippen LogP contribution in [0.3, 0.4) is 0 Å². The average molecular weight is 508 g/mol. The van der Waals surface area contributed by atoms with Crippen molar-refractivity contribution in [1.82, 2.24) is 19.5 Å². The monoisotopic (exact) mass is 508 g/mol. The van der Waals surface area contributed by atoms with Gasteiger partial charge in [0, 0.05) is 30.3 Å². The highest BCUT2D eigenvalue weighted by Gasteiger charge is 2.31. The topological polar surface area (TPSA) is 76.9 Å². The molecule has 13 heteroatoms. The first-order valence-corrected chi connectivity index (χ1v) is 10.4. The van der Waals surface area contributed by atoms with Crippen molar-refractivity contribution in [3.05, 3.63) is 84.2 Å². The van der Waals surface area contributed by atoms with Crippen LogP contribution in [0.25, 0.3) is 5.69 Å². The van der Waals surface area contributed by atoms with Crippen molar-refractivity contribution in [3.8, 4) is 11.7 Å². The highest BCUT2D eigenvalue weighted by Crippen LogP contribution is 2.31. The number of ether oxygens (including phenoxy) is 1. The van der Waals surface area contributed by atoms with Gasteiger partial charge >= 0.3 is 18.4 Å². The van der Waals surface area contributed by atoms with E-state index >= 15 is 0 Å². The van der Waals surface area contributed by atoms with Gasteiger partial charge in [0.15, 0.2) is 6.61 Å². The fourth-order valence-electron chi connectivity index (χ4n) is 3.08. The largest absolute Gasteiger partial charge is 0.454 e. The third kappa shape index (κ3) is 6.87. The second-order valence-electron chi connectivity index (χ2n) is 7.48. The molecule has 36 heavy (non-hydrogen) atoms. The van der Waals surface area contributed by atoms with Crippen LogP contribution in [0.5, 0.6) is 6.01 Å². The van der Waals surface area contributed by atoms with Crippen molar-refractivity contribution in [1.29, 1.82) is 0 Å². The number of alkyl halides is 6. The van der Waals surface area contributed by atoms with Gasteiger partial charge in [-0.05, 0) is 48.0 Å². The summed E-state index contributed by atoms with van der Waals surface area (Å²) in [6.45, 7) is -1.45. The molecule has 0 aliphatic rings. The van der Waals surface area contributed by atoms with Gasteiger partial charge in [-0.3, -0.25) is 0 Å². The van der Waals surface area contributed by atoms with Crippen molar-refractivity contribution in [2.75, 3.05) is 17.2 Å². The van der Waals surface area contributed by atoms with Gasteiger partial charge in [-0.15, -0.1) is 0 Å². The molecule has 0 unspecified atom stereocenters. The van der Waals surface area contributed by atoms with E-state index in [1.165, 1.54) is 12.1 Å². The number of aromatic nitrogens is 4. The number of nitrogens with zero attached hydrogens (tertiary/aromatic N) is 4. The summed E-state index contributed by atoms with van der Waals surface area (Å²) in [5.41, 5.74) is 0.803. The Kier molecular flexibility index (Phi) is 6.99. The highest BCUT2D eigenvalue weighted by molar-refractivity contribution is 5.56. The Labute approximate surface area is 200 Å². The van der Waals surface area contributed by atoms with E-state index < -0.39 is 30.5 Å². The number of anilines is 3. The minimum Gasteiger partial charge on any atom is -0.454 e. The summed E-state index contributed by atoms with van der Waals surface area (Å²) in [6.07, 6.45) is -5.45. The van der Waals surface area contributed by atoms with Crippen LogP contribution in [0.1, 0.15) is 11.1 Å². The smallest absolute Gasteiger partial charge is 0.422 e. The standard InChI is InChI=1S/C23H18F6N6O/c24-22(25,26)14-36-21-33-19(30-13-15-6-8-18(9-7-15)35-10-1-2-11-35)32-20(34-21)31-17-5-3-4-16(12-17)23(27,28)29/h1-12H,13-14H2,(H2,30,31,32,33,34). The van der Waals surface area contributed by atoms with Crippen LogP contribution in [-0.4, -0.2) is 32.3 Å². The Morgan fingerprint density at radius 1 is 0.806 bits per heavy atom. The maximum Gasteiger partial charge on any atom is 0.422 e. The Hall–Kier alpha value is -4.29. The maximum absolute atomic E-state index is 13.0. The molecular weight excluding hydrogens is 490 g/mol. The summed E-state index contributed by atoms with van der Waals surface area (Å²) in [7, 11) is 0. The van der Waals surface area contributed by atoms with Gasteiger partial charge in [0.2, 0.25) is 11.9 Å². The average Bonchev–Trinajstić information content (AvgIpc) is 3.36. The molecule has 0 saturated heterocycles. The third-order valence-electron chi connectivity index (χ3n) is 4.72. The SMILES string of the molecule is FC(F)(F)COc1nc(NCc2ccc(-n3cccc3)cc2)nc(Nc2cccc(C(F)(F)F)c2)n1. The molecule has 2 N–H and O–H groups in total. The molecule has 4 rings (SSSR count). The summed E-state index contributed by atoms with van der Waals surface area (Å²) >= 11 is 0. The zero-order valence-corrected chi connectivity index (χ0v) is 18.3. The molecular formula is C23H18F6N6O. The number of hydrogen-bond donors (Lipinski definition) is 2. The van der Waals surface area contributed by atoms with Crippen molar-refractivity contribution in [2.45, 2.75) is 18.9 Å². The number of halogens is 6. The Morgan fingerprint density at radius 2 is 1.50 bits per heavy atom. The van der Waals surface area contributed by atoms with Crippen molar-refractivity contribution in [3.63, 3.8) is 0 Å². The lowest BCUT2D eigenvalue weighted by molar-refractivity contribution is -0.154. The fourth-order valence-corrected chi connectivity index (χ4v) is 3.08. The normalized spacial score (nSPS) is 11.8. The molecule has 0 fully saturated rings. The molecule has 2 aromatic heterocycles. The molecule has 0 saturated carbocycles. The van der Waals surface area contributed by atoms with Gasteiger partial charge in [0.25, 0.3) is 0 Å². The van der Waals surface area contributed by atoms with Gasteiger partial charge < -0.3 is 19.9 Å². The molecule has 0 spiro atoms. The van der Waals surface area contributed by atoms with Crippen LogP contribution in [0, 0.1) is 0 Å². The van der Waals surface area contributed by atoms with Crippen LogP contribution in [0.15, 0.2) is 73.1 Å². The highest BCUT2D eigenvalue weighted by atomic mass is 19.4. The first-order valence-electron chi connectivity index (χ1n) is 10.4. The second kappa shape index (κ2) is 10.1. The molecule has 0 aliphatic heterocycles. The van der Waals surface area contributed by atoms with Crippen LogP contribution >= 0.6 is 0 Å². The Bertz CT molecular complexity index is 1290. The lowest BCUT2D eigenvalue weighted by atomic mass is 10.2. The molecule has 0 amide bonds. The van der Waals surface area contributed by atoms with Gasteiger partial charge in [0.1, 0.15) is 0 Å². The summed E-state index contributed by atoms with van der Waals surface area (Å²) in [5, 5.41) is 5.41. The van der Waals surface area contributed by atoms with Gasteiger partial charge in [-0.2, -0.15) is 41.3 Å². The lowest BCUT2D eigenvalue weighted by Crippen LogP contribution is -2.21. The predicted octanol–water partition coefficient (Wildman–Crippen LogP) is 5.98. The minimum absolute atomic E-state index is 0.0238. The Balaban J connectivity index is 1.52. The summed E-state index contributed by atoms with van der Waals surface area (Å²) in [5.74, 6) is -0.432. The number of hydrogen-bond acceptors (Lipinski definition) is 6. The summed E-state index contributed by atoms with van der Waals surface area (Å²) in [6, 6.07) is 14.8. The van der Waals surface area contributed by atoms with E-state index in [1.807, 2.05) is 53.4 Å². The quantitative estimate of drug-likeness (QED) is 0.285. The molecule has 0 aliphatic carbocycles. The van der Waals surface area contributed by atoms with Gasteiger partial charge in [-0.25, -0.2) is 0 Å². The summed E-state index contributed by atoms with van der Waals surface area (Å²) < 4.78 is 83.4. The van der Waals surface area contributed by atoms with Crippen LogP contribution in [0.2, 0.25) is 0 Å². The fraction of sp³-hybridized carbons (Fsp3) is 0.174. The van der Waals surface area contributed by atoms with E-state index in [4.69, 9.17) is 0 Å². The molecule has 188 valence electrons. The van der Waals surface area contributed by atoms with Crippen molar-refractivity contribution in [2.24, 2.45) is 0 Å². The van der Waals surface area contributed by atoms with Crippen molar-refractivity contribution >= 4 is 17.6 Å². The maximum atomic E-state index is 13.0. The molecule has 7 nitrogen and oxygen atoms in total. The summed E-state index contributed by atoms with van der Waals surface area (Å²) in [4.78, 5) is 11.6. The van der Waals surface area contributed by atoms with Gasteiger partial charge in [0.05, 0.1) is 5.56 Å². The van der Waals surface area contributed by atoms with Crippen LogP contribution in [-0.2, 0) is 12.7 Å². The molecule has 2 heterocycles. The van der Waals surface area contributed by atoms with Crippen LogP contribution < -0.4 is 15.4 Å². The van der Waals surface area contributed by atoms with Crippen LogP contribution in [0.4, 0.5) is 43.9 Å². The molecule has 0 bridgehead atoms. The van der Waals surface area contributed by atoms with Crippen molar-refractivity contribution < 1.29 is 31.1 Å². The molecule has 4 aromatic rings. The Morgan fingerprint density at radius 3 is 2.17 bits per heavy atom. The van der Waals surface area contributed by atoms with E-state index in [1.54, 1.807) is 0 Å². The zero-order chi connectivity index (χ0) is 25.8. The predicted molar refractivity (Wildman–Crippen MR) is 119 cm³/mol. The van der Waals surface area contributed by atoms with E-state index in [0.29, 0.717) is 0 Å². The molecule has 0 radical (unpaired) electrons. The van der Waals surface area contributed by atoms with E-state index in [-0.39, 0.29) is 24.1 Å². The minimum atomic E-state index is -4.64. The van der Waals surface area contributed by atoms with Gasteiger partial charge in [-0.1, -0.05) is 18.2 Å².